The molecule has 5 heteroatoms. The second-order valence-corrected chi connectivity index (χ2v) is 7.18. The summed E-state index contributed by atoms with van der Waals surface area (Å²) in [6.45, 7) is 13.3. The first-order valence-corrected chi connectivity index (χ1v) is 10.4. The Morgan fingerprint density at radius 2 is 1.71 bits per heavy atom. The fraction of sp³-hybridized carbons (Fsp3) is 0.696. The molecule has 0 aliphatic carbocycles. The molecule has 1 fully saturated rings. The maximum atomic E-state index is 10.2. The minimum absolute atomic E-state index is 0.0764. The molecule has 5 unspecified atom stereocenters. The summed E-state index contributed by atoms with van der Waals surface area (Å²) >= 11 is 0. The molecular formula is C23H40O5. The largest absolute Gasteiger partial charge is 0.463 e. The van der Waals surface area contributed by atoms with Gasteiger partial charge in [-0.25, -0.2) is 0 Å². The van der Waals surface area contributed by atoms with Gasteiger partial charge in [-0.2, -0.15) is 0 Å². The number of ether oxygens (including phenoxy) is 3. The van der Waals surface area contributed by atoms with Gasteiger partial charge in [-0.3, -0.25) is 4.79 Å². The second-order valence-electron chi connectivity index (χ2n) is 7.18. The maximum absolute atomic E-state index is 10.2. The number of hydrogen-bond acceptors (Lipinski definition) is 5. The lowest BCUT2D eigenvalue weighted by molar-refractivity contribution is -0.243. The third-order valence-corrected chi connectivity index (χ3v) is 4.33. The molecule has 1 heterocycles. The van der Waals surface area contributed by atoms with E-state index in [0.29, 0.717) is 6.10 Å². The van der Waals surface area contributed by atoms with E-state index in [9.17, 15) is 4.79 Å². The number of aliphatic hydroxyl groups excluding tert-OH is 1. The summed E-state index contributed by atoms with van der Waals surface area (Å²) in [5.41, 5.74) is 1.11. The Bertz CT molecular complexity index is 503. The Hall–Kier alpha value is -1.43. The molecule has 5 nitrogen and oxygen atoms in total. The van der Waals surface area contributed by atoms with Gasteiger partial charge in [0.2, 0.25) is 0 Å². The van der Waals surface area contributed by atoms with Gasteiger partial charge in [0.1, 0.15) is 0 Å². The van der Waals surface area contributed by atoms with Crippen LogP contribution in [-0.2, 0) is 19.0 Å². The number of rotatable bonds is 5. The van der Waals surface area contributed by atoms with Crippen LogP contribution in [0.15, 0.2) is 30.3 Å². The first-order valence-electron chi connectivity index (χ1n) is 10.4. The Morgan fingerprint density at radius 3 is 2.11 bits per heavy atom. The number of carbonyl (C=O) groups excluding carboxylic acids is 1. The zero-order valence-electron chi connectivity index (χ0n) is 18.7. The van der Waals surface area contributed by atoms with E-state index in [2.05, 4.69) is 26.0 Å². The molecule has 2 rings (SSSR count). The van der Waals surface area contributed by atoms with Crippen molar-refractivity contribution in [3.63, 3.8) is 0 Å². The first-order chi connectivity index (χ1) is 13.2. The number of benzene rings is 1. The van der Waals surface area contributed by atoms with Crippen molar-refractivity contribution in [2.75, 3.05) is 0 Å². The highest BCUT2D eigenvalue weighted by atomic mass is 16.7. The van der Waals surface area contributed by atoms with Gasteiger partial charge < -0.3 is 19.3 Å². The summed E-state index contributed by atoms with van der Waals surface area (Å²) in [7, 11) is 0. The Kier molecular flexibility index (Phi) is 14.7. The highest BCUT2D eigenvalue weighted by Gasteiger charge is 2.27. The van der Waals surface area contributed by atoms with E-state index >= 15 is 0 Å². The van der Waals surface area contributed by atoms with Crippen LogP contribution in [0.1, 0.15) is 86.0 Å². The minimum Gasteiger partial charge on any atom is -0.463 e. The highest BCUT2D eigenvalue weighted by Crippen LogP contribution is 2.30. The lowest BCUT2D eigenvalue weighted by atomic mass is 10.1. The van der Waals surface area contributed by atoms with E-state index in [0.717, 1.165) is 31.2 Å². The fourth-order valence-corrected chi connectivity index (χ4v) is 2.30. The van der Waals surface area contributed by atoms with Crippen LogP contribution in [0.25, 0.3) is 0 Å². The van der Waals surface area contributed by atoms with E-state index in [-0.39, 0.29) is 30.6 Å². The molecule has 1 saturated heterocycles. The molecular weight excluding hydrogens is 356 g/mol. The minimum atomic E-state index is -0.195. The quantitative estimate of drug-likeness (QED) is 0.674. The molecule has 0 amide bonds. The number of hydrogen-bond donors (Lipinski definition) is 1. The van der Waals surface area contributed by atoms with Crippen molar-refractivity contribution in [2.24, 2.45) is 0 Å². The summed E-state index contributed by atoms with van der Waals surface area (Å²) in [6, 6.07) is 10.1. The molecule has 0 aromatic heterocycles. The van der Waals surface area contributed by atoms with Gasteiger partial charge in [0.15, 0.2) is 6.29 Å². The Morgan fingerprint density at radius 1 is 1.14 bits per heavy atom. The van der Waals surface area contributed by atoms with Gasteiger partial charge in [-0.1, -0.05) is 51.1 Å². The van der Waals surface area contributed by atoms with Gasteiger partial charge in [-0.15, -0.1) is 0 Å². The van der Waals surface area contributed by atoms with Crippen LogP contribution in [0.2, 0.25) is 0 Å². The topological polar surface area (TPSA) is 65.0 Å². The smallest absolute Gasteiger partial charge is 0.302 e. The van der Waals surface area contributed by atoms with Crippen molar-refractivity contribution in [3.05, 3.63) is 35.9 Å². The van der Waals surface area contributed by atoms with Crippen LogP contribution in [0.4, 0.5) is 0 Å². The zero-order valence-corrected chi connectivity index (χ0v) is 18.7. The summed E-state index contributed by atoms with van der Waals surface area (Å²) < 4.78 is 16.4. The highest BCUT2D eigenvalue weighted by molar-refractivity contribution is 5.66. The standard InChI is InChI=1S/C13H18O2.C6H12O2.C4H10O/c1-3-12-9-10(2)14-13(15-12)11-7-5-4-6-8-11;1-4-5(2)8-6(3)7;1-3-4(2)5/h4-8,10,12-13H,3,9H2,1-2H3;5H,4H2,1-3H3;4-5H,3H2,1-2H3. The second kappa shape index (κ2) is 15.5. The normalized spacial score (nSPS) is 23.2. The molecule has 5 atom stereocenters. The summed E-state index contributed by atoms with van der Waals surface area (Å²) in [5.74, 6) is -0.195. The third-order valence-electron chi connectivity index (χ3n) is 4.33. The Balaban J connectivity index is 0.000000474. The SMILES string of the molecule is CCC(C)O.CCC(C)OC(C)=O.CCC1CC(C)OC(c2ccccc2)O1. The first kappa shape index (κ1) is 26.6. The molecule has 162 valence electrons. The van der Waals surface area contributed by atoms with Gasteiger partial charge in [-0.05, 0) is 46.5 Å². The van der Waals surface area contributed by atoms with E-state index in [4.69, 9.17) is 19.3 Å². The van der Waals surface area contributed by atoms with Crippen LogP contribution < -0.4 is 0 Å². The summed E-state index contributed by atoms with van der Waals surface area (Å²) in [5, 5.41) is 8.36. The molecule has 1 N–H and O–H groups in total. The lowest BCUT2D eigenvalue weighted by Crippen LogP contribution is -2.31. The third kappa shape index (κ3) is 12.9. The van der Waals surface area contributed by atoms with Crippen LogP contribution >= 0.6 is 0 Å². The lowest BCUT2D eigenvalue weighted by Gasteiger charge is -2.34. The predicted octanol–water partition coefficient (Wildman–Crippen LogP) is 5.41. The molecule has 0 radical (unpaired) electrons. The zero-order chi connectivity index (χ0) is 21.5. The molecule has 28 heavy (non-hydrogen) atoms. The fourth-order valence-electron chi connectivity index (χ4n) is 2.30. The van der Waals surface area contributed by atoms with Gasteiger partial charge in [0.05, 0.1) is 24.4 Å². The maximum Gasteiger partial charge on any atom is 0.302 e. The number of esters is 1. The van der Waals surface area contributed by atoms with Crippen LogP contribution in [0.5, 0.6) is 0 Å². The molecule has 1 aromatic rings. The van der Waals surface area contributed by atoms with Crippen molar-refractivity contribution in [3.8, 4) is 0 Å². The molecule has 0 spiro atoms. The predicted molar refractivity (Wildman–Crippen MR) is 113 cm³/mol. The van der Waals surface area contributed by atoms with Gasteiger partial charge >= 0.3 is 5.97 Å². The van der Waals surface area contributed by atoms with Crippen LogP contribution in [0.3, 0.4) is 0 Å². The summed E-state index contributed by atoms with van der Waals surface area (Å²) in [6.07, 6.45) is 4.20. The van der Waals surface area contributed by atoms with Crippen LogP contribution in [-0.4, -0.2) is 35.5 Å². The van der Waals surface area contributed by atoms with Crippen molar-refractivity contribution in [1.82, 2.24) is 0 Å². The molecule has 1 aromatic carbocycles. The Labute approximate surface area is 171 Å². The van der Waals surface area contributed by atoms with Crippen molar-refractivity contribution < 1.29 is 24.1 Å². The van der Waals surface area contributed by atoms with Crippen LogP contribution in [0, 0.1) is 0 Å². The van der Waals surface area contributed by atoms with Crippen molar-refractivity contribution >= 4 is 5.97 Å². The molecule has 1 aliphatic rings. The van der Waals surface area contributed by atoms with E-state index in [1.807, 2.05) is 39.0 Å². The average molecular weight is 397 g/mol. The number of carbonyl (C=O) groups is 1. The van der Waals surface area contributed by atoms with E-state index < -0.39 is 0 Å². The number of aliphatic hydroxyl groups is 1. The van der Waals surface area contributed by atoms with Crippen molar-refractivity contribution in [2.45, 2.75) is 105 Å². The van der Waals surface area contributed by atoms with E-state index in [1.165, 1.54) is 6.92 Å². The van der Waals surface area contributed by atoms with Crippen molar-refractivity contribution in [1.29, 1.82) is 0 Å². The van der Waals surface area contributed by atoms with Gasteiger partial charge in [0, 0.05) is 12.5 Å². The molecule has 0 saturated carbocycles. The monoisotopic (exact) mass is 396 g/mol. The van der Waals surface area contributed by atoms with Gasteiger partial charge in [0.25, 0.3) is 0 Å². The molecule has 1 aliphatic heterocycles. The van der Waals surface area contributed by atoms with E-state index in [1.54, 1.807) is 6.92 Å². The summed E-state index contributed by atoms with van der Waals surface area (Å²) in [4.78, 5) is 10.2. The molecule has 0 bridgehead atoms. The average Bonchev–Trinajstić information content (AvgIpc) is 2.68.